The number of hydrogen-bond acceptors (Lipinski definition) is 5. The number of non-ortho nitro benzene ring substituents is 1. The van der Waals surface area contributed by atoms with E-state index in [4.69, 9.17) is 9.63 Å². The Balaban J connectivity index is 1.97. The predicted octanol–water partition coefficient (Wildman–Crippen LogP) is 4.86. The van der Waals surface area contributed by atoms with Gasteiger partial charge in [0.05, 0.1) is 22.6 Å². The lowest BCUT2D eigenvalue weighted by Gasteiger charge is -2.14. The molecule has 1 unspecified atom stereocenters. The Bertz CT molecular complexity index is 851. The molecular weight excluding hydrogens is 439 g/mol. The van der Waals surface area contributed by atoms with Crippen LogP contribution >= 0.6 is 23.5 Å². The highest BCUT2D eigenvalue weighted by molar-refractivity contribution is 9.10. The molecule has 0 aliphatic heterocycles. The molecular formula is C15H13BrF2NO6P. The molecule has 0 aliphatic rings. The molecule has 2 rings (SSSR count). The Morgan fingerprint density at radius 1 is 1.19 bits per heavy atom. The zero-order valence-electron chi connectivity index (χ0n) is 13.0. The topological polar surface area (TPSA) is 98.9 Å². The van der Waals surface area contributed by atoms with Crippen molar-refractivity contribution in [2.24, 2.45) is 0 Å². The van der Waals surface area contributed by atoms with Crippen molar-refractivity contribution < 1.29 is 32.4 Å². The second-order valence-corrected chi connectivity index (χ2v) is 7.67. The zero-order chi connectivity index (χ0) is 19.3. The summed E-state index contributed by atoms with van der Waals surface area (Å²) in [5.41, 5.74) is 1.22. The van der Waals surface area contributed by atoms with Gasteiger partial charge in [0, 0.05) is 12.1 Å². The summed E-state index contributed by atoms with van der Waals surface area (Å²) in [6, 6.07) is 10.3. The predicted molar refractivity (Wildman–Crippen MR) is 92.2 cm³/mol. The second kappa shape index (κ2) is 8.68. The van der Waals surface area contributed by atoms with Gasteiger partial charge < -0.3 is 14.2 Å². The van der Waals surface area contributed by atoms with E-state index in [1.807, 2.05) is 0 Å². The van der Waals surface area contributed by atoms with Gasteiger partial charge in [-0.3, -0.25) is 10.1 Å². The number of alkyl halides is 2. The minimum absolute atomic E-state index is 0.0391. The third-order valence-electron chi connectivity index (χ3n) is 3.13. The van der Waals surface area contributed by atoms with Crippen LogP contribution in [0.2, 0.25) is 0 Å². The number of nitro groups is 1. The fraction of sp³-hybridized carbons (Fsp3) is 0.200. The molecule has 0 fully saturated rings. The molecule has 0 bridgehead atoms. The molecule has 0 amide bonds. The van der Waals surface area contributed by atoms with E-state index < -0.39 is 18.7 Å². The lowest BCUT2D eigenvalue weighted by molar-refractivity contribution is -0.385. The lowest BCUT2D eigenvalue weighted by Crippen LogP contribution is -2.02. The summed E-state index contributed by atoms with van der Waals surface area (Å²) in [4.78, 5) is 19.3. The smallest absolute Gasteiger partial charge is 0.420 e. The van der Waals surface area contributed by atoms with Crippen molar-refractivity contribution in [1.82, 2.24) is 0 Å². The summed E-state index contributed by atoms with van der Waals surface area (Å²) in [6.07, 6.45) is -3.51. The van der Waals surface area contributed by atoms with Gasteiger partial charge in [-0.25, -0.2) is 4.57 Å². The van der Waals surface area contributed by atoms with Crippen molar-refractivity contribution in [3.05, 3.63) is 68.2 Å². The lowest BCUT2D eigenvalue weighted by atomic mass is 10.2. The average Bonchev–Trinajstić information content (AvgIpc) is 2.57. The Hall–Kier alpha value is -1.87. The van der Waals surface area contributed by atoms with E-state index in [0.29, 0.717) is 11.1 Å². The quantitative estimate of drug-likeness (QED) is 0.349. The zero-order valence-corrected chi connectivity index (χ0v) is 15.5. The third kappa shape index (κ3) is 5.57. The summed E-state index contributed by atoms with van der Waals surface area (Å²) in [5, 5.41) is 10.7. The molecule has 7 nitrogen and oxygen atoms in total. The highest BCUT2D eigenvalue weighted by atomic mass is 79.9. The monoisotopic (exact) mass is 451 g/mol. The van der Waals surface area contributed by atoms with E-state index in [1.54, 1.807) is 12.1 Å². The van der Waals surface area contributed by atoms with Crippen LogP contribution in [0.15, 0.2) is 46.9 Å². The van der Waals surface area contributed by atoms with Crippen molar-refractivity contribution in [3.63, 3.8) is 0 Å². The maximum Gasteiger partial charge on any atom is 0.442 e. The molecule has 0 heterocycles. The van der Waals surface area contributed by atoms with Crippen LogP contribution in [0.5, 0.6) is 5.75 Å². The van der Waals surface area contributed by atoms with Crippen LogP contribution in [0.25, 0.3) is 0 Å². The maximum absolute atomic E-state index is 12.4. The minimum Gasteiger partial charge on any atom is -0.420 e. The van der Waals surface area contributed by atoms with Crippen LogP contribution in [-0.2, 0) is 22.5 Å². The first-order valence-electron chi connectivity index (χ1n) is 7.09. The summed E-state index contributed by atoms with van der Waals surface area (Å²) >= 11 is 3.08. The second-order valence-electron chi connectivity index (χ2n) is 5.12. The molecule has 11 heteroatoms. The van der Waals surface area contributed by atoms with E-state index in [0.717, 1.165) is 0 Å². The van der Waals surface area contributed by atoms with Gasteiger partial charge in [0.2, 0.25) is 0 Å². The first-order chi connectivity index (χ1) is 12.2. The summed E-state index contributed by atoms with van der Waals surface area (Å²) in [6.45, 7) is 0.266. The van der Waals surface area contributed by atoms with E-state index in [1.165, 1.54) is 30.3 Å². The van der Waals surface area contributed by atoms with Crippen molar-refractivity contribution in [2.45, 2.75) is 19.4 Å². The normalized spacial score (nSPS) is 13.4. The number of ether oxygens (including phenoxy) is 1. The summed E-state index contributed by atoms with van der Waals surface area (Å²) in [7, 11) is -5.05. The fourth-order valence-corrected chi connectivity index (χ4v) is 3.09. The largest absolute Gasteiger partial charge is 0.442 e. The molecule has 140 valence electrons. The van der Waals surface area contributed by atoms with Crippen LogP contribution in [0.4, 0.5) is 14.5 Å². The van der Waals surface area contributed by atoms with Gasteiger partial charge in [0.1, 0.15) is 5.75 Å². The van der Waals surface area contributed by atoms with Gasteiger partial charge in [-0.05, 0) is 39.2 Å². The van der Waals surface area contributed by atoms with Gasteiger partial charge >= 0.3 is 13.8 Å². The first kappa shape index (κ1) is 20.4. The minimum atomic E-state index is -5.05. The highest BCUT2D eigenvalue weighted by Crippen LogP contribution is 2.50. The Morgan fingerprint density at radius 2 is 1.85 bits per heavy atom. The maximum atomic E-state index is 12.4. The molecule has 1 atom stereocenters. The molecule has 2 aromatic rings. The number of rotatable bonds is 8. The molecule has 1 N–H and O–H groups in total. The molecule has 0 saturated heterocycles. The van der Waals surface area contributed by atoms with Crippen molar-refractivity contribution in [1.29, 1.82) is 0 Å². The molecule has 0 spiro atoms. The molecule has 0 saturated carbocycles. The van der Waals surface area contributed by atoms with Gasteiger partial charge in [-0.15, -0.1) is 0 Å². The number of nitro benzene ring substituents is 1. The van der Waals surface area contributed by atoms with Crippen LogP contribution in [0, 0.1) is 10.1 Å². The van der Waals surface area contributed by atoms with Gasteiger partial charge in [-0.2, -0.15) is 8.78 Å². The SMILES string of the molecule is O=[N+]([O-])c1cccc(COCc2ccc(OP(=O)(O)C(F)F)c(Br)c2)c1. The van der Waals surface area contributed by atoms with Gasteiger partial charge in [0.25, 0.3) is 5.69 Å². The van der Waals surface area contributed by atoms with Crippen LogP contribution in [-0.4, -0.2) is 16.0 Å². The molecule has 0 aromatic heterocycles. The third-order valence-corrected chi connectivity index (χ3v) is 4.70. The van der Waals surface area contributed by atoms with Crippen molar-refractivity contribution in [2.75, 3.05) is 0 Å². The highest BCUT2D eigenvalue weighted by Gasteiger charge is 2.34. The summed E-state index contributed by atoms with van der Waals surface area (Å²) in [5.74, 6) is -0.196. The Morgan fingerprint density at radius 3 is 2.42 bits per heavy atom. The first-order valence-corrected chi connectivity index (χ1v) is 9.53. The fourth-order valence-electron chi connectivity index (χ4n) is 1.94. The van der Waals surface area contributed by atoms with Crippen molar-refractivity contribution in [3.8, 4) is 5.75 Å². The van der Waals surface area contributed by atoms with E-state index in [9.17, 15) is 23.5 Å². The van der Waals surface area contributed by atoms with E-state index >= 15 is 0 Å². The van der Waals surface area contributed by atoms with Crippen LogP contribution in [0.1, 0.15) is 11.1 Å². The van der Waals surface area contributed by atoms with Crippen molar-refractivity contribution >= 4 is 29.2 Å². The number of benzene rings is 2. The number of halogens is 3. The average molecular weight is 452 g/mol. The standard InChI is InChI=1S/C15H13BrF2NO6P/c16-13-7-11(4-5-14(13)25-26(22,23)15(17)18)9-24-8-10-2-1-3-12(6-10)19(20)21/h1-7,15H,8-9H2,(H,22,23). The molecule has 2 aromatic carbocycles. The van der Waals surface area contributed by atoms with E-state index in [2.05, 4.69) is 20.5 Å². The number of hydrogen-bond donors (Lipinski definition) is 1. The summed E-state index contributed by atoms with van der Waals surface area (Å²) < 4.78 is 46.2. The van der Waals surface area contributed by atoms with Gasteiger partial charge in [0.15, 0.2) is 0 Å². The van der Waals surface area contributed by atoms with E-state index in [-0.39, 0.29) is 29.1 Å². The Labute approximate surface area is 155 Å². The Kier molecular flexibility index (Phi) is 6.82. The molecule has 0 radical (unpaired) electrons. The van der Waals surface area contributed by atoms with Crippen LogP contribution in [0.3, 0.4) is 0 Å². The molecule has 26 heavy (non-hydrogen) atoms. The van der Waals surface area contributed by atoms with Gasteiger partial charge in [-0.1, -0.05) is 18.2 Å². The van der Waals surface area contributed by atoms with Crippen LogP contribution < -0.4 is 4.52 Å². The number of nitrogens with zero attached hydrogens (tertiary/aromatic N) is 1. The molecule has 0 aliphatic carbocycles.